The Morgan fingerprint density at radius 1 is 1.27 bits per heavy atom. The van der Waals surface area contributed by atoms with Gasteiger partial charge in [0, 0.05) is 45.5 Å². The van der Waals surface area contributed by atoms with Gasteiger partial charge < -0.3 is 14.5 Å². The largest absolute Gasteiger partial charge is 0.380 e. The lowest BCUT2D eigenvalue weighted by Gasteiger charge is -2.30. The van der Waals surface area contributed by atoms with Gasteiger partial charge in [-0.1, -0.05) is 0 Å². The highest BCUT2D eigenvalue weighted by molar-refractivity contribution is 5.14. The predicted octanol–water partition coefficient (Wildman–Crippen LogP) is 1.12. The average molecular weight is 308 g/mol. The third-order valence-electron chi connectivity index (χ3n) is 4.97. The van der Waals surface area contributed by atoms with Gasteiger partial charge in [-0.15, -0.1) is 0 Å². The van der Waals surface area contributed by atoms with Crippen LogP contribution in [0.3, 0.4) is 0 Å². The van der Waals surface area contributed by atoms with Gasteiger partial charge in [-0.3, -0.25) is 9.80 Å². The van der Waals surface area contributed by atoms with Gasteiger partial charge in [-0.05, 0) is 20.3 Å². The smallest absolute Gasteiger partial charge is 0.124 e. The van der Waals surface area contributed by atoms with Crippen LogP contribution in [0.5, 0.6) is 0 Å². The van der Waals surface area contributed by atoms with Crippen LogP contribution in [0.25, 0.3) is 0 Å². The average Bonchev–Trinajstić information content (AvgIpc) is 3.10. The van der Waals surface area contributed by atoms with Crippen LogP contribution in [0, 0.1) is 13.8 Å². The first kappa shape index (κ1) is 15.9. The summed E-state index contributed by atoms with van der Waals surface area (Å²) in [5.74, 6) is 1.09. The highest BCUT2D eigenvalue weighted by Gasteiger charge is 2.35. The molecule has 0 aliphatic carbocycles. The number of ether oxygens (including phenoxy) is 2. The monoisotopic (exact) mass is 308 g/mol. The molecular weight excluding hydrogens is 280 g/mol. The van der Waals surface area contributed by atoms with E-state index in [2.05, 4.69) is 28.6 Å². The topological polar surface area (TPSA) is 53.6 Å². The number of methoxy groups -OCH3 is 1. The number of aryl methyl sites for hydroxylation is 2. The summed E-state index contributed by atoms with van der Waals surface area (Å²) in [7, 11) is 1.81. The summed E-state index contributed by atoms with van der Waals surface area (Å²) in [4.78, 5) is 13.2. The molecule has 0 unspecified atom stereocenters. The van der Waals surface area contributed by atoms with E-state index >= 15 is 0 Å². The van der Waals surface area contributed by atoms with E-state index in [1.54, 1.807) is 0 Å². The van der Waals surface area contributed by atoms with Gasteiger partial charge >= 0.3 is 0 Å². The highest BCUT2D eigenvalue weighted by Crippen LogP contribution is 2.32. The number of aromatic amines is 1. The number of imidazole rings is 1. The summed E-state index contributed by atoms with van der Waals surface area (Å²) in [5.41, 5.74) is 2.27. The van der Waals surface area contributed by atoms with Gasteiger partial charge in [0.1, 0.15) is 5.82 Å². The maximum atomic E-state index is 5.61. The van der Waals surface area contributed by atoms with Gasteiger partial charge in [-0.2, -0.15) is 0 Å². The summed E-state index contributed by atoms with van der Waals surface area (Å²) in [6.07, 6.45) is 1.33. The summed E-state index contributed by atoms with van der Waals surface area (Å²) in [6, 6.07) is 0.346. The molecule has 6 nitrogen and oxygen atoms in total. The molecule has 3 rings (SSSR count). The lowest BCUT2D eigenvalue weighted by molar-refractivity contribution is 0.0316. The van der Waals surface area contributed by atoms with Crippen molar-refractivity contribution in [1.29, 1.82) is 0 Å². The Morgan fingerprint density at radius 2 is 2.05 bits per heavy atom. The molecule has 22 heavy (non-hydrogen) atoms. The quantitative estimate of drug-likeness (QED) is 0.883. The van der Waals surface area contributed by atoms with Crippen LogP contribution in [-0.4, -0.2) is 78.9 Å². The van der Waals surface area contributed by atoms with Crippen molar-refractivity contribution in [1.82, 2.24) is 19.8 Å². The van der Waals surface area contributed by atoms with E-state index in [1.165, 1.54) is 5.69 Å². The maximum absolute atomic E-state index is 5.61. The van der Waals surface area contributed by atoms with Crippen molar-refractivity contribution in [3.8, 4) is 0 Å². The zero-order valence-corrected chi connectivity index (χ0v) is 14.0. The predicted molar refractivity (Wildman–Crippen MR) is 85.0 cm³/mol. The van der Waals surface area contributed by atoms with Crippen molar-refractivity contribution in [2.75, 3.05) is 53.0 Å². The van der Waals surface area contributed by atoms with Crippen LogP contribution in [0.2, 0.25) is 0 Å². The Balaban J connectivity index is 1.64. The van der Waals surface area contributed by atoms with Crippen molar-refractivity contribution < 1.29 is 9.47 Å². The molecule has 2 fully saturated rings. The SMILES string of the molecule is CO[C@@H]1C[C@@H](c2nc(C)c(C)[nH]2)N(CCN2CCOCC2)C1. The lowest BCUT2D eigenvalue weighted by Crippen LogP contribution is -2.41. The number of nitrogens with zero attached hydrogens (tertiary/aromatic N) is 3. The van der Waals surface area contributed by atoms with Crippen LogP contribution < -0.4 is 0 Å². The summed E-state index contributed by atoms with van der Waals surface area (Å²) >= 11 is 0. The third-order valence-corrected chi connectivity index (χ3v) is 4.97. The normalized spacial score (nSPS) is 27.6. The van der Waals surface area contributed by atoms with Crippen molar-refractivity contribution in [3.63, 3.8) is 0 Å². The van der Waals surface area contributed by atoms with Crippen LogP contribution >= 0.6 is 0 Å². The minimum Gasteiger partial charge on any atom is -0.380 e. The first-order valence-electron chi connectivity index (χ1n) is 8.27. The number of hydrogen-bond donors (Lipinski definition) is 1. The molecule has 0 aromatic carbocycles. The number of hydrogen-bond acceptors (Lipinski definition) is 5. The fraction of sp³-hybridized carbons (Fsp3) is 0.812. The Kier molecular flexibility index (Phi) is 5.13. The van der Waals surface area contributed by atoms with Gasteiger partial charge in [0.2, 0.25) is 0 Å². The summed E-state index contributed by atoms with van der Waals surface area (Å²) in [5, 5.41) is 0. The molecule has 3 heterocycles. The standard InChI is InChI=1S/C16H28N4O2/c1-12-13(2)18-16(17-12)15-10-14(21-3)11-20(15)5-4-19-6-8-22-9-7-19/h14-15H,4-11H2,1-3H3,(H,17,18)/t14-,15+/m1/s1. The molecule has 2 saturated heterocycles. The molecule has 2 aliphatic heterocycles. The van der Waals surface area contributed by atoms with E-state index in [1.807, 2.05) is 7.11 Å². The zero-order valence-electron chi connectivity index (χ0n) is 14.0. The molecule has 6 heteroatoms. The number of morpholine rings is 1. The molecule has 124 valence electrons. The molecule has 0 amide bonds. The van der Waals surface area contributed by atoms with Crippen molar-refractivity contribution >= 4 is 0 Å². The van der Waals surface area contributed by atoms with Crippen molar-refractivity contribution in [3.05, 3.63) is 17.2 Å². The van der Waals surface area contributed by atoms with Crippen LogP contribution in [-0.2, 0) is 9.47 Å². The molecule has 2 atom stereocenters. The van der Waals surface area contributed by atoms with Crippen LogP contribution in [0.1, 0.15) is 29.7 Å². The molecule has 0 saturated carbocycles. The molecule has 1 aromatic rings. The van der Waals surface area contributed by atoms with E-state index in [0.717, 1.165) is 63.9 Å². The summed E-state index contributed by atoms with van der Waals surface area (Å²) in [6.45, 7) is 11.1. The first-order chi connectivity index (χ1) is 10.7. The number of nitrogens with one attached hydrogen (secondary N) is 1. The van der Waals surface area contributed by atoms with Gasteiger partial charge in [0.05, 0.1) is 31.1 Å². The molecule has 2 aliphatic rings. The molecule has 1 N–H and O–H groups in total. The minimum atomic E-state index is 0.306. The second kappa shape index (κ2) is 7.08. The third kappa shape index (κ3) is 3.51. The fourth-order valence-corrected chi connectivity index (χ4v) is 3.39. The Labute approximate surface area is 132 Å². The zero-order chi connectivity index (χ0) is 15.5. The van der Waals surface area contributed by atoms with E-state index in [0.29, 0.717) is 12.1 Å². The van der Waals surface area contributed by atoms with Crippen molar-refractivity contribution in [2.45, 2.75) is 32.4 Å². The van der Waals surface area contributed by atoms with E-state index in [-0.39, 0.29) is 0 Å². The molecule has 0 bridgehead atoms. The van der Waals surface area contributed by atoms with Crippen LogP contribution in [0.15, 0.2) is 0 Å². The van der Waals surface area contributed by atoms with Crippen LogP contribution in [0.4, 0.5) is 0 Å². The second-order valence-electron chi connectivity index (χ2n) is 6.39. The first-order valence-corrected chi connectivity index (χ1v) is 8.27. The van der Waals surface area contributed by atoms with Gasteiger partial charge in [0.25, 0.3) is 0 Å². The van der Waals surface area contributed by atoms with E-state index in [9.17, 15) is 0 Å². The second-order valence-corrected chi connectivity index (χ2v) is 6.39. The number of H-pyrrole nitrogens is 1. The van der Waals surface area contributed by atoms with Crippen molar-refractivity contribution in [2.24, 2.45) is 0 Å². The van der Waals surface area contributed by atoms with E-state index in [4.69, 9.17) is 14.5 Å². The van der Waals surface area contributed by atoms with Gasteiger partial charge in [0.15, 0.2) is 0 Å². The molecule has 1 aromatic heterocycles. The number of rotatable bonds is 5. The summed E-state index contributed by atoms with van der Waals surface area (Å²) < 4.78 is 11.0. The Bertz CT molecular complexity index is 465. The fourth-order valence-electron chi connectivity index (χ4n) is 3.39. The number of aromatic nitrogens is 2. The van der Waals surface area contributed by atoms with E-state index < -0.39 is 0 Å². The lowest BCUT2D eigenvalue weighted by atomic mass is 10.2. The Hall–Kier alpha value is -0.950. The maximum Gasteiger partial charge on any atom is 0.124 e. The molecule has 0 radical (unpaired) electrons. The number of likely N-dealkylation sites (tertiary alicyclic amines) is 1. The minimum absolute atomic E-state index is 0.306. The molecular formula is C16H28N4O2. The van der Waals surface area contributed by atoms with Gasteiger partial charge in [-0.25, -0.2) is 4.98 Å². The molecule has 0 spiro atoms. The Morgan fingerprint density at radius 3 is 2.68 bits per heavy atom. The highest BCUT2D eigenvalue weighted by atomic mass is 16.5.